The van der Waals surface area contributed by atoms with Gasteiger partial charge in [0.2, 0.25) is 0 Å². The number of aliphatic hydroxyl groups is 1. The maximum absolute atomic E-state index is 10.2. The molecule has 6 atom stereocenters. The molecule has 0 amide bonds. The molecule has 0 unspecified atom stereocenters. The highest BCUT2D eigenvalue weighted by Gasteiger charge is 2.67. The maximum Gasteiger partial charge on any atom is 0.118 e. The second kappa shape index (κ2) is 7.83. The van der Waals surface area contributed by atoms with Crippen molar-refractivity contribution in [2.45, 2.75) is 123 Å². The largest absolute Gasteiger partial charge is 0.393 e. The molecule has 1 aliphatic heterocycles. The molecule has 4 aliphatic rings. The van der Waals surface area contributed by atoms with Crippen LogP contribution in [-0.2, 0) is 4.74 Å². The Bertz CT molecular complexity index is 676. The molecule has 0 bridgehead atoms. The van der Waals surface area contributed by atoms with E-state index in [1.807, 2.05) is 0 Å². The molecule has 1 heterocycles. The lowest BCUT2D eigenvalue weighted by atomic mass is 9.64. The standard InChI is InChI=1S/C27H44O2/c1-19(2)8-6-9-20(3)23-11-12-24-21(10-7-15-25(23,24)4)13-17-27-18-22(28)14-16-26(27,5)29-27/h13,17,19-20,22-23,28H,6-12,14-16,18H2,1-5H3/b17-13+/t20-,22+,23-,25-,26-,27+/m1/s1. The lowest BCUT2D eigenvalue weighted by Gasteiger charge is -2.40. The van der Waals surface area contributed by atoms with Crippen molar-refractivity contribution in [1.82, 2.24) is 0 Å². The van der Waals surface area contributed by atoms with Gasteiger partial charge in [0.05, 0.1) is 11.7 Å². The summed E-state index contributed by atoms with van der Waals surface area (Å²) in [6.45, 7) is 12.0. The number of ether oxygens (including phenoxy) is 1. The molecule has 29 heavy (non-hydrogen) atoms. The van der Waals surface area contributed by atoms with Crippen molar-refractivity contribution in [3.05, 3.63) is 23.3 Å². The minimum absolute atomic E-state index is 0.0327. The van der Waals surface area contributed by atoms with Crippen LogP contribution in [0, 0.1) is 23.2 Å². The summed E-state index contributed by atoms with van der Waals surface area (Å²) in [5.41, 5.74) is 3.54. The first-order chi connectivity index (χ1) is 13.7. The highest BCUT2D eigenvalue weighted by atomic mass is 16.6. The summed E-state index contributed by atoms with van der Waals surface area (Å²) in [6, 6.07) is 0. The Labute approximate surface area is 179 Å². The Hall–Kier alpha value is -0.600. The number of allylic oxidation sites excluding steroid dienone is 3. The molecule has 1 N–H and O–H groups in total. The number of epoxide rings is 1. The summed E-state index contributed by atoms with van der Waals surface area (Å²) >= 11 is 0. The molecule has 0 aromatic rings. The van der Waals surface area contributed by atoms with Crippen molar-refractivity contribution in [2.75, 3.05) is 0 Å². The zero-order valence-electron chi connectivity index (χ0n) is 19.6. The molecule has 2 heteroatoms. The molecule has 164 valence electrons. The molecule has 0 aromatic carbocycles. The van der Waals surface area contributed by atoms with Gasteiger partial charge in [-0.1, -0.05) is 58.6 Å². The van der Waals surface area contributed by atoms with Crippen LogP contribution >= 0.6 is 0 Å². The highest BCUT2D eigenvalue weighted by molar-refractivity contribution is 5.39. The normalized spacial score (nSPS) is 43.0. The predicted molar refractivity (Wildman–Crippen MR) is 121 cm³/mol. The van der Waals surface area contributed by atoms with Crippen molar-refractivity contribution >= 4 is 0 Å². The van der Waals surface area contributed by atoms with Crippen LogP contribution in [0.1, 0.15) is 105 Å². The average Bonchev–Trinajstić information content (AvgIpc) is 3.09. The van der Waals surface area contributed by atoms with Crippen molar-refractivity contribution in [1.29, 1.82) is 0 Å². The van der Waals surface area contributed by atoms with Gasteiger partial charge in [0.15, 0.2) is 0 Å². The fourth-order valence-corrected chi connectivity index (χ4v) is 7.24. The lowest BCUT2D eigenvalue weighted by molar-refractivity contribution is 0.119. The average molecular weight is 401 g/mol. The maximum atomic E-state index is 10.2. The van der Waals surface area contributed by atoms with E-state index in [9.17, 15) is 5.11 Å². The van der Waals surface area contributed by atoms with E-state index in [0.29, 0.717) is 5.41 Å². The highest BCUT2D eigenvalue weighted by Crippen LogP contribution is 2.60. The Morgan fingerprint density at radius 1 is 1.10 bits per heavy atom. The van der Waals surface area contributed by atoms with E-state index < -0.39 is 0 Å². The van der Waals surface area contributed by atoms with E-state index in [0.717, 1.165) is 37.0 Å². The van der Waals surface area contributed by atoms with Gasteiger partial charge < -0.3 is 9.84 Å². The van der Waals surface area contributed by atoms with E-state index >= 15 is 0 Å². The Morgan fingerprint density at radius 2 is 1.90 bits per heavy atom. The Balaban J connectivity index is 1.49. The molecule has 3 aliphatic carbocycles. The van der Waals surface area contributed by atoms with E-state index in [1.54, 1.807) is 11.1 Å². The summed E-state index contributed by atoms with van der Waals surface area (Å²) in [6.07, 6.45) is 17.9. The Morgan fingerprint density at radius 3 is 2.66 bits per heavy atom. The third-order valence-corrected chi connectivity index (χ3v) is 9.18. The van der Waals surface area contributed by atoms with Gasteiger partial charge in [0.25, 0.3) is 0 Å². The summed E-state index contributed by atoms with van der Waals surface area (Å²) in [4.78, 5) is 0. The summed E-state index contributed by atoms with van der Waals surface area (Å²) < 4.78 is 6.20. The lowest BCUT2D eigenvalue weighted by Crippen LogP contribution is -2.33. The van der Waals surface area contributed by atoms with Crippen LogP contribution in [0.4, 0.5) is 0 Å². The van der Waals surface area contributed by atoms with Gasteiger partial charge in [-0.3, -0.25) is 0 Å². The molecular weight excluding hydrogens is 356 g/mol. The van der Waals surface area contributed by atoms with Crippen LogP contribution in [0.2, 0.25) is 0 Å². The number of aliphatic hydroxyl groups excluding tert-OH is 1. The Kier molecular flexibility index (Phi) is 5.84. The quantitative estimate of drug-likeness (QED) is 0.468. The number of hydrogen-bond donors (Lipinski definition) is 1. The monoisotopic (exact) mass is 400 g/mol. The van der Waals surface area contributed by atoms with Crippen LogP contribution in [0.25, 0.3) is 0 Å². The first kappa shape index (κ1) is 21.6. The summed E-state index contributed by atoms with van der Waals surface area (Å²) in [5, 5.41) is 10.2. The van der Waals surface area contributed by atoms with E-state index in [-0.39, 0.29) is 17.3 Å². The zero-order chi connectivity index (χ0) is 20.9. The van der Waals surface area contributed by atoms with Gasteiger partial charge in [-0.2, -0.15) is 0 Å². The molecule has 0 aromatic heterocycles. The van der Waals surface area contributed by atoms with Crippen LogP contribution in [0.15, 0.2) is 23.3 Å². The van der Waals surface area contributed by atoms with Crippen LogP contribution in [0.5, 0.6) is 0 Å². The fourth-order valence-electron chi connectivity index (χ4n) is 7.24. The first-order valence-corrected chi connectivity index (χ1v) is 12.5. The molecule has 2 saturated carbocycles. The molecule has 0 radical (unpaired) electrons. The molecule has 2 nitrogen and oxygen atoms in total. The minimum Gasteiger partial charge on any atom is -0.393 e. The second-order valence-corrected chi connectivity index (χ2v) is 11.7. The van der Waals surface area contributed by atoms with Gasteiger partial charge in [-0.25, -0.2) is 0 Å². The van der Waals surface area contributed by atoms with Gasteiger partial charge in [-0.15, -0.1) is 0 Å². The summed E-state index contributed by atoms with van der Waals surface area (Å²) in [7, 11) is 0. The SMILES string of the molecule is CC(C)CCC[C@@H](C)[C@H]1CCC2=C(/C=C/[C@]34C[C@@H](O)CC[C@@]3(C)O4)CCC[C@@]21C. The van der Waals surface area contributed by atoms with Crippen molar-refractivity contribution in [3.63, 3.8) is 0 Å². The van der Waals surface area contributed by atoms with Gasteiger partial charge in [-0.05, 0) is 86.7 Å². The van der Waals surface area contributed by atoms with Crippen LogP contribution in [0.3, 0.4) is 0 Å². The van der Waals surface area contributed by atoms with Gasteiger partial charge in [0, 0.05) is 6.42 Å². The van der Waals surface area contributed by atoms with Crippen molar-refractivity contribution < 1.29 is 9.84 Å². The van der Waals surface area contributed by atoms with E-state index in [1.165, 1.54) is 51.4 Å². The molecule has 1 saturated heterocycles. The number of fused-ring (bicyclic) bond motifs is 2. The van der Waals surface area contributed by atoms with Gasteiger partial charge >= 0.3 is 0 Å². The third kappa shape index (κ3) is 3.89. The third-order valence-electron chi connectivity index (χ3n) is 9.18. The molecular formula is C27H44O2. The smallest absolute Gasteiger partial charge is 0.118 e. The van der Waals surface area contributed by atoms with Crippen LogP contribution in [-0.4, -0.2) is 22.4 Å². The van der Waals surface area contributed by atoms with E-state index in [4.69, 9.17) is 4.74 Å². The zero-order valence-corrected chi connectivity index (χ0v) is 19.6. The molecule has 4 rings (SSSR count). The van der Waals surface area contributed by atoms with Crippen molar-refractivity contribution in [2.24, 2.45) is 23.2 Å². The predicted octanol–water partition coefficient (Wildman–Crippen LogP) is 6.97. The molecule has 0 spiro atoms. The summed E-state index contributed by atoms with van der Waals surface area (Å²) in [5.74, 6) is 2.52. The first-order valence-electron chi connectivity index (χ1n) is 12.5. The minimum atomic E-state index is -0.202. The number of hydrogen-bond acceptors (Lipinski definition) is 2. The topological polar surface area (TPSA) is 32.8 Å². The second-order valence-electron chi connectivity index (χ2n) is 11.7. The molecule has 3 fully saturated rings. The van der Waals surface area contributed by atoms with Crippen molar-refractivity contribution in [3.8, 4) is 0 Å². The fraction of sp³-hybridized carbons (Fsp3) is 0.852. The van der Waals surface area contributed by atoms with E-state index in [2.05, 4.69) is 46.8 Å². The number of rotatable bonds is 7. The van der Waals surface area contributed by atoms with Crippen LogP contribution < -0.4 is 0 Å². The van der Waals surface area contributed by atoms with Gasteiger partial charge in [0.1, 0.15) is 5.60 Å².